The van der Waals surface area contributed by atoms with Gasteiger partial charge in [-0.05, 0) is 26.7 Å². The van der Waals surface area contributed by atoms with Crippen molar-refractivity contribution in [2.24, 2.45) is 0 Å². The lowest BCUT2D eigenvalue weighted by Gasteiger charge is -2.27. The highest BCUT2D eigenvalue weighted by molar-refractivity contribution is 7.11. The number of rotatable bonds is 3. The standard InChI is InChI=1S/C13H22N4OS/c1-10-6-4-3-5-9-17(10)13(18)14-8-7-12-16-15-11(2)19-12/h10H,3-9H2,1-2H3,(H,14,18). The number of urea groups is 1. The number of carbonyl (C=O) groups is 1. The Labute approximate surface area is 118 Å². The molecule has 1 unspecified atom stereocenters. The Hall–Kier alpha value is -1.17. The lowest BCUT2D eigenvalue weighted by Crippen LogP contribution is -2.45. The summed E-state index contributed by atoms with van der Waals surface area (Å²) in [6.07, 6.45) is 5.46. The maximum absolute atomic E-state index is 12.1. The van der Waals surface area contributed by atoms with Crippen molar-refractivity contribution < 1.29 is 4.79 Å². The Morgan fingerprint density at radius 1 is 1.42 bits per heavy atom. The predicted octanol–water partition coefficient (Wildman–Crippen LogP) is 2.36. The largest absolute Gasteiger partial charge is 0.338 e. The van der Waals surface area contributed by atoms with Crippen LogP contribution in [-0.2, 0) is 6.42 Å². The first kappa shape index (κ1) is 14.2. The molecule has 0 radical (unpaired) electrons. The van der Waals surface area contributed by atoms with E-state index in [4.69, 9.17) is 0 Å². The SMILES string of the molecule is Cc1nnc(CCNC(=O)N2CCCCCC2C)s1. The molecule has 6 heteroatoms. The van der Waals surface area contributed by atoms with Crippen molar-refractivity contribution in [1.82, 2.24) is 20.4 Å². The molecule has 1 saturated heterocycles. The van der Waals surface area contributed by atoms with Crippen LogP contribution in [0.5, 0.6) is 0 Å². The van der Waals surface area contributed by atoms with E-state index in [0.29, 0.717) is 12.6 Å². The smallest absolute Gasteiger partial charge is 0.317 e. The molecule has 1 N–H and O–H groups in total. The summed E-state index contributed by atoms with van der Waals surface area (Å²) in [5.41, 5.74) is 0. The number of aryl methyl sites for hydroxylation is 1. The van der Waals surface area contributed by atoms with Gasteiger partial charge in [-0.15, -0.1) is 21.5 Å². The van der Waals surface area contributed by atoms with Gasteiger partial charge in [0.05, 0.1) is 0 Å². The maximum atomic E-state index is 12.1. The van der Waals surface area contributed by atoms with Crippen LogP contribution in [0.1, 0.15) is 42.6 Å². The van der Waals surface area contributed by atoms with Crippen LogP contribution in [-0.4, -0.2) is 40.3 Å². The quantitative estimate of drug-likeness (QED) is 0.926. The van der Waals surface area contributed by atoms with E-state index in [1.54, 1.807) is 11.3 Å². The van der Waals surface area contributed by atoms with Crippen molar-refractivity contribution in [2.45, 2.75) is 52.0 Å². The second-order valence-electron chi connectivity index (χ2n) is 5.09. The molecule has 1 aromatic heterocycles. The Kier molecular flexibility index (Phi) is 5.13. The van der Waals surface area contributed by atoms with Gasteiger partial charge in [-0.25, -0.2) is 4.79 Å². The fourth-order valence-corrected chi connectivity index (χ4v) is 3.10. The zero-order valence-corrected chi connectivity index (χ0v) is 12.5. The molecule has 1 aromatic rings. The van der Waals surface area contributed by atoms with Gasteiger partial charge in [0.2, 0.25) is 0 Å². The first-order valence-electron chi connectivity index (χ1n) is 7.00. The molecule has 1 atom stereocenters. The van der Waals surface area contributed by atoms with Crippen molar-refractivity contribution in [3.63, 3.8) is 0 Å². The number of likely N-dealkylation sites (tertiary alicyclic amines) is 1. The van der Waals surface area contributed by atoms with E-state index in [1.807, 2.05) is 11.8 Å². The van der Waals surface area contributed by atoms with Crippen LogP contribution in [0.15, 0.2) is 0 Å². The predicted molar refractivity (Wildman–Crippen MR) is 76.4 cm³/mol. The highest BCUT2D eigenvalue weighted by Gasteiger charge is 2.21. The normalized spacial score (nSPS) is 20.1. The summed E-state index contributed by atoms with van der Waals surface area (Å²) in [5, 5.41) is 13.0. The maximum Gasteiger partial charge on any atom is 0.317 e. The molecule has 1 aliphatic rings. The highest BCUT2D eigenvalue weighted by atomic mass is 32.1. The van der Waals surface area contributed by atoms with Gasteiger partial charge in [0, 0.05) is 25.6 Å². The third-order valence-electron chi connectivity index (χ3n) is 3.50. The van der Waals surface area contributed by atoms with Crippen LogP contribution in [0.4, 0.5) is 4.79 Å². The third-order valence-corrected chi connectivity index (χ3v) is 4.40. The summed E-state index contributed by atoms with van der Waals surface area (Å²) in [7, 11) is 0. The van der Waals surface area contributed by atoms with E-state index in [0.717, 1.165) is 35.8 Å². The average Bonchev–Trinajstić information content (AvgIpc) is 2.67. The van der Waals surface area contributed by atoms with Crippen LogP contribution in [0.25, 0.3) is 0 Å². The molecule has 106 valence electrons. The fraction of sp³-hybridized carbons (Fsp3) is 0.769. The molecule has 19 heavy (non-hydrogen) atoms. The van der Waals surface area contributed by atoms with Crippen molar-refractivity contribution in [2.75, 3.05) is 13.1 Å². The van der Waals surface area contributed by atoms with E-state index in [-0.39, 0.29) is 6.03 Å². The number of carbonyl (C=O) groups excluding carboxylic acids is 1. The number of hydrogen-bond acceptors (Lipinski definition) is 4. The second-order valence-corrected chi connectivity index (χ2v) is 6.35. The molecule has 0 bridgehead atoms. The molecule has 2 amide bonds. The second kappa shape index (κ2) is 6.84. The number of aromatic nitrogens is 2. The van der Waals surface area contributed by atoms with Gasteiger partial charge >= 0.3 is 6.03 Å². The summed E-state index contributed by atoms with van der Waals surface area (Å²) < 4.78 is 0. The van der Waals surface area contributed by atoms with E-state index in [9.17, 15) is 4.79 Å². The average molecular weight is 282 g/mol. The molecular weight excluding hydrogens is 260 g/mol. The number of nitrogens with one attached hydrogen (secondary N) is 1. The monoisotopic (exact) mass is 282 g/mol. The zero-order chi connectivity index (χ0) is 13.7. The lowest BCUT2D eigenvalue weighted by molar-refractivity contribution is 0.180. The first-order valence-corrected chi connectivity index (χ1v) is 7.82. The highest BCUT2D eigenvalue weighted by Crippen LogP contribution is 2.16. The van der Waals surface area contributed by atoms with Gasteiger partial charge in [0.1, 0.15) is 10.0 Å². The van der Waals surface area contributed by atoms with E-state index in [2.05, 4.69) is 22.4 Å². The Morgan fingerprint density at radius 2 is 2.26 bits per heavy atom. The fourth-order valence-electron chi connectivity index (χ4n) is 2.39. The number of amides is 2. The Morgan fingerprint density at radius 3 is 3.00 bits per heavy atom. The molecule has 1 aliphatic heterocycles. The van der Waals surface area contributed by atoms with Crippen molar-refractivity contribution in [3.8, 4) is 0 Å². The van der Waals surface area contributed by atoms with Gasteiger partial charge in [-0.2, -0.15) is 0 Å². The van der Waals surface area contributed by atoms with Gasteiger partial charge in [-0.1, -0.05) is 12.8 Å². The minimum atomic E-state index is 0.0654. The molecule has 0 aliphatic carbocycles. The molecule has 0 saturated carbocycles. The summed E-state index contributed by atoms with van der Waals surface area (Å²) >= 11 is 1.59. The van der Waals surface area contributed by atoms with Crippen LogP contribution < -0.4 is 5.32 Å². The van der Waals surface area contributed by atoms with E-state index in [1.165, 1.54) is 12.8 Å². The molecule has 1 fully saturated rings. The summed E-state index contributed by atoms with van der Waals surface area (Å²) in [5.74, 6) is 0. The van der Waals surface area contributed by atoms with Crippen molar-refractivity contribution in [3.05, 3.63) is 10.0 Å². The van der Waals surface area contributed by atoms with Crippen LogP contribution in [0.3, 0.4) is 0 Å². The molecule has 0 aromatic carbocycles. The van der Waals surface area contributed by atoms with Gasteiger partial charge in [0.25, 0.3) is 0 Å². The van der Waals surface area contributed by atoms with Crippen LogP contribution in [0, 0.1) is 6.92 Å². The van der Waals surface area contributed by atoms with E-state index < -0.39 is 0 Å². The molecule has 2 rings (SSSR count). The Bertz CT molecular complexity index is 421. The van der Waals surface area contributed by atoms with Gasteiger partial charge in [-0.3, -0.25) is 0 Å². The minimum absolute atomic E-state index is 0.0654. The summed E-state index contributed by atoms with van der Waals surface area (Å²) in [6.45, 7) is 5.60. The molecule has 0 spiro atoms. The minimum Gasteiger partial charge on any atom is -0.338 e. The van der Waals surface area contributed by atoms with E-state index >= 15 is 0 Å². The topological polar surface area (TPSA) is 58.1 Å². The van der Waals surface area contributed by atoms with Gasteiger partial charge < -0.3 is 10.2 Å². The van der Waals surface area contributed by atoms with Gasteiger partial charge in [0.15, 0.2) is 0 Å². The van der Waals surface area contributed by atoms with Crippen molar-refractivity contribution >= 4 is 17.4 Å². The molecule has 5 nitrogen and oxygen atoms in total. The Balaban J connectivity index is 1.76. The number of nitrogens with zero attached hydrogens (tertiary/aromatic N) is 3. The van der Waals surface area contributed by atoms with Crippen molar-refractivity contribution in [1.29, 1.82) is 0 Å². The molecule has 2 heterocycles. The summed E-state index contributed by atoms with van der Waals surface area (Å²) in [6, 6.07) is 0.418. The van der Waals surface area contributed by atoms with Crippen LogP contribution >= 0.6 is 11.3 Å². The summed E-state index contributed by atoms with van der Waals surface area (Å²) in [4.78, 5) is 14.1. The third kappa shape index (κ3) is 4.16. The van der Waals surface area contributed by atoms with Crippen LogP contribution in [0.2, 0.25) is 0 Å². The zero-order valence-electron chi connectivity index (χ0n) is 11.7. The first-order chi connectivity index (χ1) is 9.16. The number of hydrogen-bond donors (Lipinski definition) is 1. The molecular formula is C13H22N4OS. The lowest BCUT2D eigenvalue weighted by atomic mass is 10.1.